The highest BCUT2D eigenvalue weighted by molar-refractivity contribution is 14.1. The molecule has 32 heavy (non-hydrogen) atoms. The van der Waals surface area contributed by atoms with Crippen molar-refractivity contribution < 1.29 is 50.3 Å². The minimum atomic E-state index is -6.07. The molecule has 1 saturated heterocycles. The van der Waals surface area contributed by atoms with Crippen LogP contribution >= 0.6 is 45.2 Å². The van der Waals surface area contributed by atoms with Gasteiger partial charge in [-0.3, -0.25) is 14.1 Å². The molecule has 2 saturated carbocycles. The van der Waals surface area contributed by atoms with Gasteiger partial charge in [-0.2, -0.15) is 17.2 Å². The largest absolute Gasteiger partial charge is 0.465 e. The summed E-state index contributed by atoms with van der Waals surface area (Å²) in [5.41, 5.74) is 0.667. The SMILES string of the molecule is Cc1cc(I)cc(I)c1OC(=O)C1C2CC3C(OC(=O)C31)C2OC(=O)C(F)(F)S(=O)(=O)O. The van der Waals surface area contributed by atoms with E-state index < -0.39 is 69.2 Å². The van der Waals surface area contributed by atoms with Gasteiger partial charge in [0.2, 0.25) is 0 Å². The molecule has 6 atom stereocenters. The van der Waals surface area contributed by atoms with Crippen molar-refractivity contribution in [2.75, 3.05) is 0 Å². The molecule has 6 unspecified atom stereocenters. The number of carbonyl (C=O) groups is 3. The van der Waals surface area contributed by atoms with E-state index in [1.807, 2.05) is 22.6 Å². The molecule has 1 heterocycles. The lowest BCUT2D eigenvalue weighted by Crippen LogP contribution is -2.48. The summed E-state index contributed by atoms with van der Waals surface area (Å²) in [6, 6.07) is 3.56. The van der Waals surface area contributed by atoms with Crippen molar-refractivity contribution in [3.63, 3.8) is 0 Å². The zero-order valence-electron chi connectivity index (χ0n) is 16.0. The Hall–Kier alpha value is -1.14. The minimum absolute atomic E-state index is 0.166. The zero-order chi connectivity index (χ0) is 23.7. The van der Waals surface area contributed by atoms with Gasteiger partial charge in [0.05, 0.1) is 15.4 Å². The van der Waals surface area contributed by atoms with Crippen LogP contribution in [0.4, 0.5) is 8.78 Å². The van der Waals surface area contributed by atoms with E-state index in [4.69, 9.17) is 18.8 Å². The molecule has 4 rings (SSSR count). The molecule has 1 aliphatic heterocycles. The van der Waals surface area contributed by atoms with E-state index in [0.29, 0.717) is 9.13 Å². The summed E-state index contributed by atoms with van der Waals surface area (Å²) in [6.45, 7) is 1.73. The molecule has 174 valence electrons. The Morgan fingerprint density at radius 2 is 1.91 bits per heavy atom. The van der Waals surface area contributed by atoms with Crippen molar-refractivity contribution in [2.24, 2.45) is 23.7 Å². The van der Waals surface area contributed by atoms with E-state index >= 15 is 0 Å². The number of ether oxygens (including phenoxy) is 3. The van der Waals surface area contributed by atoms with E-state index in [-0.39, 0.29) is 12.2 Å². The van der Waals surface area contributed by atoms with Crippen LogP contribution in [0.5, 0.6) is 5.75 Å². The maximum Gasteiger partial charge on any atom is 0.465 e. The summed E-state index contributed by atoms with van der Waals surface area (Å²) < 4.78 is 74.7. The van der Waals surface area contributed by atoms with E-state index in [2.05, 4.69) is 22.6 Å². The first-order valence-electron chi connectivity index (χ1n) is 9.17. The molecule has 1 aromatic rings. The molecule has 2 aliphatic carbocycles. The molecule has 3 fully saturated rings. The highest BCUT2D eigenvalue weighted by Crippen LogP contribution is 2.59. The van der Waals surface area contributed by atoms with Gasteiger partial charge < -0.3 is 14.2 Å². The Kier molecular flexibility index (Phi) is 5.98. The molecular formula is C18H14F2I2O9S. The van der Waals surface area contributed by atoms with E-state index in [0.717, 1.165) is 3.57 Å². The molecule has 2 bridgehead atoms. The summed E-state index contributed by atoms with van der Waals surface area (Å²) >= 11 is 4.09. The Labute approximate surface area is 207 Å². The third-order valence-electron chi connectivity index (χ3n) is 6.02. The molecule has 1 aromatic carbocycles. The fourth-order valence-electron chi connectivity index (χ4n) is 4.75. The summed E-state index contributed by atoms with van der Waals surface area (Å²) in [4.78, 5) is 37.2. The van der Waals surface area contributed by atoms with Gasteiger partial charge in [-0.05, 0) is 76.2 Å². The monoisotopic (exact) mass is 698 g/mol. The number of fused-ring (bicyclic) bond motifs is 1. The van der Waals surface area contributed by atoms with Crippen LogP contribution in [0.25, 0.3) is 0 Å². The Balaban J connectivity index is 1.60. The lowest BCUT2D eigenvalue weighted by atomic mass is 9.78. The molecule has 14 heteroatoms. The van der Waals surface area contributed by atoms with Crippen molar-refractivity contribution in [1.82, 2.24) is 0 Å². The number of alkyl halides is 2. The second-order valence-corrected chi connectivity index (χ2v) is 11.7. The molecule has 1 N–H and O–H groups in total. The molecule has 0 aromatic heterocycles. The predicted molar refractivity (Wildman–Crippen MR) is 117 cm³/mol. The maximum absolute atomic E-state index is 13.7. The van der Waals surface area contributed by atoms with Crippen LogP contribution in [0, 0.1) is 37.7 Å². The summed E-state index contributed by atoms with van der Waals surface area (Å²) in [5, 5.41) is -5.21. The average Bonchev–Trinajstić information content (AvgIpc) is 3.27. The summed E-state index contributed by atoms with van der Waals surface area (Å²) in [5.74, 6) is -7.23. The minimum Gasteiger partial charge on any atom is -0.458 e. The van der Waals surface area contributed by atoms with Gasteiger partial charge in [-0.1, -0.05) is 0 Å². The fourth-order valence-corrected chi connectivity index (χ4v) is 7.26. The Morgan fingerprint density at radius 3 is 2.50 bits per heavy atom. The molecule has 0 spiro atoms. The van der Waals surface area contributed by atoms with Gasteiger partial charge in [-0.25, -0.2) is 4.79 Å². The van der Waals surface area contributed by atoms with Crippen molar-refractivity contribution in [2.45, 2.75) is 30.8 Å². The molecular weight excluding hydrogens is 684 g/mol. The van der Waals surface area contributed by atoms with Gasteiger partial charge in [0, 0.05) is 15.4 Å². The van der Waals surface area contributed by atoms with Gasteiger partial charge in [0.1, 0.15) is 18.0 Å². The van der Waals surface area contributed by atoms with Crippen molar-refractivity contribution >= 4 is 73.2 Å². The summed E-state index contributed by atoms with van der Waals surface area (Å²) in [6.07, 6.45) is -2.39. The molecule has 0 amide bonds. The number of hydrogen-bond donors (Lipinski definition) is 1. The van der Waals surface area contributed by atoms with Crippen LogP contribution in [0.15, 0.2) is 12.1 Å². The van der Waals surface area contributed by atoms with Gasteiger partial charge in [-0.15, -0.1) is 0 Å². The van der Waals surface area contributed by atoms with Crippen LogP contribution in [0.2, 0.25) is 0 Å². The topological polar surface area (TPSA) is 133 Å². The Morgan fingerprint density at radius 1 is 1.25 bits per heavy atom. The van der Waals surface area contributed by atoms with Crippen LogP contribution in [0.3, 0.4) is 0 Å². The van der Waals surface area contributed by atoms with E-state index in [1.165, 1.54) is 0 Å². The normalized spacial score (nSPS) is 30.9. The van der Waals surface area contributed by atoms with Crippen LogP contribution < -0.4 is 4.74 Å². The van der Waals surface area contributed by atoms with Crippen LogP contribution in [0.1, 0.15) is 12.0 Å². The number of benzene rings is 1. The van der Waals surface area contributed by atoms with Gasteiger partial charge in [0.25, 0.3) is 0 Å². The predicted octanol–water partition coefficient (Wildman–Crippen LogP) is 2.31. The third-order valence-corrected chi connectivity index (χ3v) is 8.26. The zero-order valence-corrected chi connectivity index (χ0v) is 21.1. The molecule has 9 nitrogen and oxygen atoms in total. The Bertz CT molecular complexity index is 1120. The molecule has 3 aliphatic rings. The number of hydrogen-bond acceptors (Lipinski definition) is 8. The quantitative estimate of drug-likeness (QED) is 0.213. The van der Waals surface area contributed by atoms with Crippen molar-refractivity contribution in [3.05, 3.63) is 24.8 Å². The smallest absolute Gasteiger partial charge is 0.458 e. The van der Waals surface area contributed by atoms with Gasteiger partial charge in [0.15, 0.2) is 0 Å². The lowest BCUT2D eigenvalue weighted by Gasteiger charge is -2.30. The van der Waals surface area contributed by atoms with Crippen LogP contribution in [-0.2, 0) is 34.0 Å². The van der Waals surface area contributed by atoms with Crippen molar-refractivity contribution in [1.29, 1.82) is 0 Å². The highest BCUT2D eigenvalue weighted by atomic mass is 127. The highest BCUT2D eigenvalue weighted by Gasteiger charge is 2.71. The third kappa shape index (κ3) is 3.70. The van der Waals surface area contributed by atoms with Crippen LogP contribution in [-0.4, -0.2) is 48.3 Å². The van der Waals surface area contributed by atoms with Crippen molar-refractivity contribution in [3.8, 4) is 5.75 Å². The number of aryl methyl sites for hydroxylation is 1. The maximum atomic E-state index is 13.7. The first-order chi connectivity index (χ1) is 14.7. The fraction of sp³-hybridized carbons (Fsp3) is 0.500. The van der Waals surface area contributed by atoms with E-state index in [1.54, 1.807) is 19.1 Å². The first kappa shape index (κ1) is 24.0. The number of carbonyl (C=O) groups excluding carboxylic acids is 3. The summed E-state index contributed by atoms with van der Waals surface area (Å²) in [7, 11) is -6.07. The van der Waals surface area contributed by atoms with E-state index in [9.17, 15) is 31.6 Å². The number of rotatable bonds is 5. The van der Waals surface area contributed by atoms with Gasteiger partial charge >= 0.3 is 33.3 Å². The lowest BCUT2D eigenvalue weighted by molar-refractivity contribution is -0.178. The second-order valence-electron chi connectivity index (χ2n) is 7.83. The molecule has 0 radical (unpaired) electrons. The standard InChI is InChI=1S/C18H14F2I2O9S/c1-5-2-6(21)3-9(22)12(5)29-15(23)11-8-4-7-10(11)16(24)30-13(7)14(8)31-17(25)18(19,20)32(26,27)28/h2-3,7-8,10-11,13-14H,4H2,1H3,(H,26,27,28). The number of esters is 3. The number of halogens is 4. The first-order valence-corrected chi connectivity index (χ1v) is 12.8. The average molecular weight is 698 g/mol. The second kappa shape index (κ2) is 7.97.